The van der Waals surface area contributed by atoms with E-state index < -0.39 is 0 Å². The Kier molecular flexibility index (Phi) is 2.28. The molecule has 1 saturated heterocycles. The van der Waals surface area contributed by atoms with Gasteiger partial charge in [0.2, 0.25) is 0 Å². The van der Waals surface area contributed by atoms with Crippen molar-refractivity contribution in [2.24, 2.45) is 0 Å². The molecule has 0 aromatic heterocycles. The minimum atomic E-state index is 0.259. The third-order valence-corrected chi connectivity index (χ3v) is 1.93. The molecule has 1 fully saturated rings. The van der Waals surface area contributed by atoms with Crippen molar-refractivity contribution in [2.45, 2.75) is 19.1 Å². The van der Waals surface area contributed by atoms with Crippen LogP contribution in [0.4, 0.5) is 0 Å². The van der Waals surface area contributed by atoms with Crippen LogP contribution in [0.15, 0.2) is 0 Å². The maximum absolute atomic E-state index is 5.15. The molecule has 0 spiro atoms. The first kappa shape index (κ1) is 6.52. The number of hydrogen-bond donors (Lipinski definition) is 0. The molecule has 0 aliphatic carbocycles. The second-order valence-corrected chi connectivity index (χ2v) is 2.50. The Labute approximate surface area is 57.3 Å². The topological polar surface area (TPSA) is 18.5 Å². The van der Waals surface area contributed by atoms with Crippen LogP contribution in [0.5, 0.6) is 0 Å². The molecule has 1 heterocycles. The maximum Gasteiger partial charge on any atom is 0.147 e. The van der Waals surface area contributed by atoms with Gasteiger partial charge in [0.15, 0.2) is 0 Å². The smallest absolute Gasteiger partial charge is 0.147 e. The van der Waals surface area contributed by atoms with Crippen LogP contribution >= 0.6 is 15.9 Å². The SMILES string of the molecule is CC1OCOC1CBr. The quantitative estimate of drug-likeness (QED) is 0.564. The predicted molar refractivity (Wildman–Crippen MR) is 34.1 cm³/mol. The van der Waals surface area contributed by atoms with Gasteiger partial charge in [0, 0.05) is 5.33 Å². The molecule has 2 unspecified atom stereocenters. The van der Waals surface area contributed by atoms with Crippen molar-refractivity contribution in [2.75, 3.05) is 12.1 Å². The highest BCUT2D eigenvalue weighted by Gasteiger charge is 2.23. The first-order chi connectivity index (χ1) is 3.84. The van der Waals surface area contributed by atoms with Gasteiger partial charge in [-0.15, -0.1) is 0 Å². The molecule has 3 heteroatoms. The first-order valence-corrected chi connectivity index (χ1v) is 3.76. The van der Waals surface area contributed by atoms with Gasteiger partial charge in [-0.2, -0.15) is 0 Å². The van der Waals surface area contributed by atoms with Crippen LogP contribution < -0.4 is 0 Å². The van der Waals surface area contributed by atoms with E-state index in [4.69, 9.17) is 9.47 Å². The Balaban J connectivity index is 2.30. The Morgan fingerprint density at radius 1 is 1.62 bits per heavy atom. The van der Waals surface area contributed by atoms with Crippen molar-refractivity contribution in [1.82, 2.24) is 0 Å². The van der Waals surface area contributed by atoms with E-state index in [2.05, 4.69) is 15.9 Å². The molecule has 0 N–H and O–H groups in total. The van der Waals surface area contributed by atoms with E-state index in [1.165, 1.54) is 0 Å². The third kappa shape index (κ3) is 1.21. The van der Waals surface area contributed by atoms with Crippen molar-refractivity contribution in [3.8, 4) is 0 Å². The van der Waals surface area contributed by atoms with Gasteiger partial charge in [-0.1, -0.05) is 15.9 Å². The zero-order valence-electron chi connectivity index (χ0n) is 4.76. The summed E-state index contributed by atoms with van der Waals surface area (Å²) in [6.07, 6.45) is 0.518. The molecule has 0 saturated carbocycles. The van der Waals surface area contributed by atoms with Gasteiger partial charge in [0.05, 0.1) is 12.2 Å². The average molecular weight is 181 g/mol. The fourth-order valence-electron chi connectivity index (χ4n) is 0.647. The zero-order valence-corrected chi connectivity index (χ0v) is 6.35. The second-order valence-electron chi connectivity index (χ2n) is 1.85. The molecule has 48 valence electrons. The molecule has 0 bridgehead atoms. The number of hydrogen-bond acceptors (Lipinski definition) is 2. The van der Waals surface area contributed by atoms with Gasteiger partial charge in [-0.05, 0) is 6.92 Å². The summed E-state index contributed by atoms with van der Waals surface area (Å²) >= 11 is 3.31. The Bertz CT molecular complexity index is 76.8. The van der Waals surface area contributed by atoms with E-state index in [9.17, 15) is 0 Å². The molecule has 0 radical (unpaired) electrons. The molecule has 0 amide bonds. The first-order valence-electron chi connectivity index (χ1n) is 2.63. The van der Waals surface area contributed by atoms with Crippen LogP contribution in [-0.4, -0.2) is 24.3 Å². The molecule has 1 aliphatic rings. The van der Waals surface area contributed by atoms with E-state index in [1.807, 2.05) is 6.92 Å². The van der Waals surface area contributed by atoms with Crippen LogP contribution in [-0.2, 0) is 9.47 Å². The molecular formula is C5H9BrO2. The molecule has 8 heavy (non-hydrogen) atoms. The lowest BCUT2D eigenvalue weighted by Crippen LogP contribution is -2.19. The number of halogens is 1. The minimum absolute atomic E-state index is 0.259. The number of ether oxygens (including phenoxy) is 2. The van der Waals surface area contributed by atoms with Crippen LogP contribution in [0.25, 0.3) is 0 Å². The lowest BCUT2D eigenvalue weighted by atomic mass is 10.3. The van der Waals surface area contributed by atoms with Crippen molar-refractivity contribution < 1.29 is 9.47 Å². The summed E-state index contributed by atoms with van der Waals surface area (Å²) in [5.74, 6) is 0. The van der Waals surface area contributed by atoms with E-state index in [1.54, 1.807) is 0 Å². The monoisotopic (exact) mass is 180 g/mol. The Morgan fingerprint density at radius 3 is 2.62 bits per heavy atom. The van der Waals surface area contributed by atoms with E-state index in [0.717, 1.165) is 5.33 Å². The number of alkyl halides is 1. The highest BCUT2D eigenvalue weighted by molar-refractivity contribution is 9.09. The van der Waals surface area contributed by atoms with Gasteiger partial charge in [0.1, 0.15) is 6.79 Å². The van der Waals surface area contributed by atoms with Crippen LogP contribution in [0.2, 0.25) is 0 Å². The van der Waals surface area contributed by atoms with E-state index >= 15 is 0 Å². The van der Waals surface area contributed by atoms with Crippen molar-refractivity contribution in [3.05, 3.63) is 0 Å². The highest BCUT2D eigenvalue weighted by Crippen LogP contribution is 2.13. The summed E-state index contributed by atoms with van der Waals surface area (Å²) in [5.41, 5.74) is 0. The minimum Gasteiger partial charge on any atom is -0.350 e. The van der Waals surface area contributed by atoms with Crippen LogP contribution in [0.1, 0.15) is 6.92 Å². The lowest BCUT2D eigenvalue weighted by molar-refractivity contribution is 0.0439. The summed E-state index contributed by atoms with van der Waals surface area (Å²) in [6.45, 7) is 2.47. The Morgan fingerprint density at radius 2 is 2.38 bits per heavy atom. The number of rotatable bonds is 1. The molecule has 1 rings (SSSR count). The second kappa shape index (κ2) is 2.80. The summed E-state index contributed by atoms with van der Waals surface area (Å²) in [5, 5.41) is 0.869. The summed E-state index contributed by atoms with van der Waals surface area (Å²) in [7, 11) is 0. The summed E-state index contributed by atoms with van der Waals surface area (Å²) < 4.78 is 10.2. The molecular weight excluding hydrogens is 172 g/mol. The molecule has 0 aromatic rings. The van der Waals surface area contributed by atoms with Crippen molar-refractivity contribution >= 4 is 15.9 Å². The van der Waals surface area contributed by atoms with Gasteiger partial charge in [-0.3, -0.25) is 0 Å². The molecule has 2 nitrogen and oxygen atoms in total. The Hall–Kier alpha value is 0.400. The fourth-order valence-corrected chi connectivity index (χ4v) is 1.36. The van der Waals surface area contributed by atoms with Crippen molar-refractivity contribution in [1.29, 1.82) is 0 Å². The van der Waals surface area contributed by atoms with Crippen molar-refractivity contribution in [3.63, 3.8) is 0 Å². The largest absolute Gasteiger partial charge is 0.350 e. The standard InChI is InChI=1S/C5H9BrO2/c1-4-5(2-6)8-3-7-4/h4-5H,2-3H2,1H3. The third-order valence-electron chi connectivity index (χ3n) is 1.29. The normalized spacial score (nSPS) is 38.2. The van der Waals surface area contributed by atoms with Crippen LogP contribution in [0, 0.1) is 0 Å². The highest BCUT2D eigenvalue weighted by atomic mass is 79.9. The van der Waals surface area contributed by atoms with Crippen LogP contribution in [0.3, 0.4) is 0 Å². The van der Waals surface area contributed by atoms with Gasteiger partial charge >= 0.3 is 0 Å². The lowest BCUT2D eigenvalue weighted by Gasteiger charge is -2.06. The molecule has 2 atom stereocenters. The predicted octanol–water partition coefficient (Wildman–Crippen LogP) is 1.14. The van der Waals surface area contributed by atoms with E-state index in [-0.39, 0.29) is 12.2 Å². The van der Waals surface area contributed by atoms with E-state index in [0.29, 0.717) is 6.79 Å². The van der Waals surface area contributed by atoms with Gasteiger partial charge in [-0.25, -0.2) is 0 Å². The molecule has 1 aliphatic heterocycles. The van der Waals surface area contributed by atoms with Gasteiger partial charge < -0.3 is 9.47 Å². The average Bonchev–Trinajstić information content (AvgIpc) is 2.14. The molecule has 0 aromatic carbocycles. The zero-order chi connectivity index (χ0) is 5.98. The maximum atomic E-state index is 5.15. The van der Waals surface area contributed by atoms with Gasteiger partial charge in [0.25, 0.3) is 0 Å². The summed E-state index contributed by atoms with van der Waals surface area (Å²) in [4.78, 5) is 0. The summed E-state index contributed by atoms with van der Waals surface area (Å²) in [6, 6.07) is 0. The fraction of sp³-hybridized carbons (Fsp3) is 1.00.